The summed E-state index contributed by atoms with van der Waals surface area (Å²) in [5.41, 5.74) is -0.279. The highest BCUT2D eigenvalue weighted by molar-refractivity contribution is 9.10. The zero-order chi connectivity index (χ0) is 19.4. The molecule has 2 aromatic heterocycles. The molecular weight excluding hydrogens is 488 g/mol. The van der Waals surface area contributed by atoms with Gasteiger partial charge in [0.05, 0.1) is 21.6 Å². The van der Waals surface area contributed by atoms with Gasteiger partial charge in [0.25, 0.3) is 0 Å². The third-order valence-corrected chi connectivity index (χ3v) is 7.69. The Bertz CT molecular complexity index is 879. The van der Waals surface area contributed by atoms with Crippen molar-refractivity contribution in [1.29, 1.82) is 0 Å². The van der Waals surface area contributed by atoms with Crippen LogP contribution >= 0.6 is 31.9 Å². The molecule has 1 N–H and O–H groups in total. The van der Waals surface area contributed by atoms with E-state index in [0.717, 1.165) is 49.5 Å². The molecule has 0 aliphatic heterocycles. The van der Waals surface area contributed by atoms with Gasteiger partial charge >= 0.3 is 0 Å². The van der Waals surface area contributed by atoms with Crippen molar-refractivity contribution < 1.29 is 4.79 Å². The molecule has 2 atom stereocenters. The van der Waals surface area contributed by atoms with Crippen molar-refractivity contribution >= 4 is 37.8 Å². The molecule has 9 heteroatoms. The van der Waals surface area contributed by atoms with Gasteiger partial charge in [-0.05, 0) is 88.6 Å². The molecule has 0 saturated heterocycles. The van der Waals surface area contributed by atoms with E-state index < -0.39 is 0 Å². The highest BCUT2D eigenvalue weighted by atomic mass is 79.9. The summed E-state index contributed by atoms with van der Waals surface area (Å²) in [4.78, 5) is 17.6. The molecule has 4 bridgehead atoms. The summed E-state index contributed by atoms with van der Waals surface area (Å²) >= 11 is 6.80. The predicted molar refractivity (Wildman–Crippen MR) is 110 cm³/mol. The van der Waals surface area contributed by atoms with Crippen LogP contribution in [0.15, 0.2) is 27.9 Å². The van der Waals surface area contributed by atoms with E-state index in [2.05, 4.69) is 52.4 Å². The molecule has 0 radical (unpaired) electrons. The van der Waals surface area contributed by atoms with E-state index in [-0.39, 0.29) is 16.9 Å². The van der Waals surface area contributed by atoms with E-state index in [4.69, 9.17) is 0 Å². The maximum atomic E-state index is 13.3. The molecule has 150 valence electrons. The zero-order valence-corrected chi connectivity index (χ0v) is 18.8. The maximum absolute atomic E-state index is 13.3. The molecule has 0 spiro atoms. The van der Waals surface area contributed by atoms with Crippen LogP contribution in [0.2, 0.25) is 0 Å². The number of hydrogen-bond acceptors (Lipinski definition) is 4. The number of aryl methyl sites for hydroxylation is 1. The summed E-state index contributed by atoms with van der Waals surface area (Å²) in [6.45, 7) is 1.50. The number of carbonyl (C=O) groups is 1. The standard InChI is InChI=1S/C19H24Br2N6O/c20-15-9-24-26(10-15)3-1-2-22-16(28)18-5-13-4-14(6-18)8-19(7-13,11-18)27-12-23-17(21)25-27/h9-10,12-14H,1-8,11H2,(H,22,28). The third kappa shape index (κ3) is 3.24. The van der Waals surface area contributed by atoms with Crippen molar-refractivity contribution in [2.24, 2.45) is 17.3 Å². The molecule has 1 amide bonds. The van der Waals surface area contributed by atoms with Gasteiger partial charge in [-0.15, -0.1) is 5.10 Å². The van der Waals surface area contributed by atoms with Crippen LogP contribution in [0.5, 0.6) is 0 Å². The molecule has 2 heterocycles. The van der Waals surface area contributed by atoms with Crippen LogP contribution in [-0.4, -0.2) is 37.0 Å². The maximum Gasteiger partial charge on any atom is 0.226 e. The van der Waals surface area contributed by atoms with Gasteiger partial charge in [0.2, 0.25) is 10.6 Å². The van der Waals surface area contributed by atoms with Crippen LogP contribution in [0.1, 0.15) is 44.9 Å². The molecule has 4 aliphatic carbocycles. The lowest BCUT2D eigenvalue weighted by atomic mass is 9.46. The first kappa shape index (κ1) is 18.8. The molecule has 28 heavy (non-hydrogen) atoms. The highest BCUT2D eigenvalue weighted by Crippen LogP contribution is 2.64. The molecular formula is C19H24Br2N6O. The van der Waals surface area contributed by atoms with Crippen molar-refractivity contribution in [3.05, 3.63) is 27.9 Å². The SMILES string of the molecule is O=C(NCCCn1cc(Br)cn1)C12CC3CC(C1)CC(n1cnc(Br)n1)(C3)C2. The van der Waals surface area contributed by atoms with Gasteiger partial charge in [-0.25, -0.2) is 9.67 Å². The first-order valence-corrected chi connectivity index (χ1v) is 11.6. The first-order chi connectivity index (χ1) is 13.5. The second-order valence-corrected chi connectivity index (χ2v) is 10.6. The van der Waals surface area contributed by atoms with Crippen LogP contribution in [0.3, 0.4) is 0 Å². The molecule has 4 saturated carbocycles. The van der Waals surface area contributed by atoms with E-state index in [1.807, 2.05) is 21.9 Å². The van der Waals surface area contributed by atoms with Gasteiger partial charge in [-0.3, -0.25) is 9.48 Å². The summed E-state index contributed by atoms with van der Waals surface area (Å²) in [5.74, 6) is 1.49. The molecule has 2 unspecified atom stereocenters. The van der Waals surface area contributed by atoms with Crippen molar-refractivity contribution in [3.8, 4) is 0 Å². The summed E-state index contributed by atoms with van der Waals surface area (Å²) in [7, 11) is 0. The minimum Gasteiger partial charge on any atom is -0.356 e. The van der Waals surface area contributed by atoms with Crippen LogP contribution in [-0.2, 0) is 16.9 Å². The lowest BCUT2D eigenvalue weighted by Crippen LogP contribution is -2.61. The molecule has 2 aromatic rings. The number of nitrogens with zero attached hydrogens (tertiary/aromatic N) is 5. The smallest absolute Gasteiger partial charge is 0.226 e. The average molecular weight is 512 g/mol. The molecule has 7 nitrogen and oxygen atoms in total. The number of nitrogens with one attached hydrogen (secondary N) is 1. The van der Waals surface area contributed by atoms with Gasteiger partial charge in [0.1, 0.15) is 6.33 Å². The fourth-order valence-corrected chi connectivity index (χ4v) is 6.90. The minimum atomic E-state index is -0.239. The average Bonchev–Trinajstić information content (AvgIpc) is 3.26. The topological polar surface area (TPSA) is 77.6 Å². The Hall–Kier alpha value is -1.22. The lowest BCUT2D eigenvalue weighted by Gasteiger charge is -2.60. The Morgan fingerprint density at radius 3 is 2.68 bits per heavy atom. The van der Waals surface area contributed by atoms with Crippen LogP contribution in [0, 0.1) is 17.3 Å². The van der Waals surface area contributed by atoms with E-state index >= 15 is 0 Å². The molecule has 0 aromatic carbocycles. The third-order valence-electron chi connectivity index (χ3n) is 6.91. The normalized spacial score (nSPS) is 33.4. The number of amides is 1. The lowest BCUT2D eigenvalue weighted by molar-refractivity contribution is -0.156. The second kappa shape index (κ2) is 6.93. The predicted octanol–water partition coefficient (Wildman–Crippen LogP) is 3.50. The second-order valence-electron chi connectivity index (χ2n) is 8.95. The van der Waals surface area contributed by atoms with Crippen molar-refractivity contribution in [3.63, 3.8) is 0 Å². The Morgan fingerprint density at radius 2 is 2.04 bits per heavy atom. The van der Waals surface area contributed by atoms with Gasteiger partial charge in [-0.1, -0.05) is 0 Å². The van der Waals surface area contributed by atoms with Crippen LogP contribution in [0.4, 0.5) is 0 Å². The van der Waals surface area contributed by atoms with E-state index in [0.29, 0.717) is 23.1 Å². The summed E-state index contributed by atoms with van der Waals surface area (Å²) in [6.07, 6.45) is 12.9. The van der Waals surface area contributed by atoms with Crippen LogP contribution in [0.25, 0.3) is 0 Å². The number of carbonyl (C=O) groups excluding carboxylic acids is 1. The van der Waals surface area contributed by atoms with Gasteiger partial charge in [-0.2, -0.15) is 5.10 Å². The Balaban J connectivity index is 1.27. The molecule has 4 aliphatic rings. The quantitative estimate of drug-likeness (QED) is 0.602. The first-order valence-electron chi connectivity index (χ1n) is 10.0. The number of halogens is 2. The van der Waals surface area contributed by atoms with Gasteiger partial charge in [0.15, 0.2) is 0 Å². The van der Waals surface area contributed by atoms with Crippen molar-refractivity contribution in [2.45, 2.75) is 57.0 Å². The largest absolute Gasteiger partial charge is 0.356 e. The number of hydrogen-bond donors (Lipinski definition) is 1. The highest BCUT2D eigenvalue weighted by Gasteiger charge is 2.61. The Morgan fingerprint density at radius 1 is 1.25 bits per heavy atom. The number of aromatic nitrogens is 5. The minimum absolute atomic E-state index is 0.0399. The van der Waals surface area contributed by atoms with E-state index in [1.165, 1.54) is 6.42 Å². The van der Waals surface area contributed by atoms with E-state index in [9.17, 15) is 4.79 Å². The van der Waals surface area contributed by atoms with Crippen LogP contribution < -0.4 is 5.32 Å². The van der Waals surface area contributed by atoms with Gasteiger partial charge in [0, 0.05) is 19.3 Å². The fraction of sp³-hybridized carbons (Fsp3) is 0.684. The molecule has 4 fully saturated rings. The molecule has 6 rings (SSSR count). The van der Waals surface area contributed by atoms with Crippen molar-refractivity contribution in [2.75, 3.05) is 6.54 Å². The fourth-order valence-electron chi connectivity index (χ4n) is 6.31. The van der Waals surface area contributed by atoms with Crippen molar-refractivity contribution in [1.82, 2.24) is 29.9 Å². The number of rotatable bonds is 6. The summed E-state index contributed by atoms with van der Waals surface area (Å²) in [6, 6.07) is 0. The van der Waals surface area contributed by atoms with Gasteiger partial charge < -0.3 is 5.32 Å². The monoisotopic (exact) mass is 510 g/mol. The van der Waals surface area contributed by atoms with E-state index in [1.54, 1.807) is 6.20 Å². The Labute approximate surface area is 180 Å². The summed E-state index contributed by atoms with van der Waals surface area (Å²) < 4.78 is 5.56. The summed E-state index contributed by atoms with van der Waals surface area (Å²) in [5, 5.41) is 12.1. The Kier molecular flexibility index (Phi) is 4.65. The zero-order valence-electron chi connectivity index (χ0n) is 15.7.